The first-order valence-corrected chi connectivity index (χ1v) is 6.51. The van der Waals surface area contributed by atoms with Crippen LogP contribution in [-0.2, 0) is 14.3 Å². The van der Waals surface area contributed by atoms with E-state index in [1.165, 1.54) is 31.4 Å². The molecule has 1 aromatic rings. The van der Waals surface area contributed by atoms with Crippen LogP contribution >= 0.6 is 0 Å². The van der Waals surface area contributed by atoms with Crippen molar-refractivity contribution in [1.29, 1.82) is 5.26 Å². The second-order valence-corrected chi connectivity index (χ2v) is 4.73. The molecule has 0 aliphatic carbocycles. The lowest BCUT2D eigenvalue weighted by Gasteiger charge is -2.26. The van der Waals surface area contributed by atoms with Crippen molar-refractivity contribution in [3.8, 4) is 6.07 Å². The fraction of sp³-hybridized carbons (Fsp3) is 0.200. The highest BCUT2D eigenvalue weighted by Crippen LogP contribution is 2.39. The number of rotatable bonds is 3. The number of ether oxygens (including phenoxy) is 2. The molecule has 8 heteroatoms. The third kappa shape index (κ3) is 2.85. The average molecular weight is 315 g/mol. The molecule has 0 radical (unpaired) electrons. The number of non-ortho nitro benzene ring substituents is 1. The molecular weight excluding hydrogens is 302 g/mol. The second-order valence-electron chi connectivity index (χ2n) is 4.73. The van der Waals surface area contributed by atoms with E-state index in [9.17, 15) is 20.2 Å². The number of benzene rings is 1. The van der Waals surface area contributed by atoms with Gasteiger partial charge in [0.1, 0.15) is 11.3 Å². The standard InChI is InChI=1S/C15H13N3O5/c1-8-11(7-16)12(13(14(17)23-8)15(19)22-2)9-3-5-10(6-4-9)18(20)21/h3-6,12H,17H2,1-2H3. The molecule has 0 bridgehead atoms. The molecule has 0 fully saturated rings. The van der Waals surface area contributed by atoms with Gasteiger partial charge in [-0.25, -0.2) is 4.79 Å². The highest BCUT2D eigenvalue weighted by Gasteiger charge is 2.36. The number of methoxy groups -OCH3 is 1. The summed E-state index contributed by atoms with van der Waals surface area (Å²) in [5.41, 5.74) is 6.35. The Morgan fingerprint density at radius 2 is 2.04 bits per heavy atom. The van der Waals surface area contributed by atoms with E-state index in [0.717, 1.165) is 0 Å². The summed E-state index contributed by atoms with van der Waals surface area (Å²) in [5, 5.41) is 20.1. The molecule has 0 amide bonds. The van der Waals surface area contributed by atoms with Gasteiger partial charge in [-0.15, -0.1) is 0 Å². The minimum atomic E-state index is -0.804. The van der Waals surface area contributed by atoms with E-state index in [1.807, 2.05) is 6.07 Å². The minimum absolute atomic E-state index is 0.0106. The molecule has 1 unspecified atom stereocenters. The summed E-state index contributed by atoms with van der Waals surface area (Å²) in [7, 11) is 1.19. The van der Waals surface area contributed by atoms with Crippen LogP contribution in [0, 0.1) is 21.4 Å². The van der Waals surface area contributed by atoms with Crippen LogP contribution in [0.2, 0.25) is 0 Å². The zero-order valence-electron chi connectivity index (χ0n) is 12.4. The molecule has 0 saturated carbocycles. The van der Waals surface area contributed by atoms with Gasteiger partial charge >= 0.3 is 5.97 Å². The Labute approximate surface area is 131 Å². The van der Waals surface area contributed by atoms with E-state index in [-0.39, 0.29) is 28.5 Å². The molecule has 118 valence electrons. The van der Waals surface area contributed by atoms with Crippen molar-refractivity contribution in [2.45, 2.75) is 12.8 Å². The fourth-order valence-electron chi connectivity index (χ4n) is 2.36. The topological polar surface area (TPSA) is 128 Å². The average Bonchev–Trinajstić information content (AvgIpc) is 2.53. The number of nitro benzene ring substituents is 1. The summed E-state index contributed by atoms with van der Waals surface area (Å²) in [6.07, 6.45) is 0. The van der Waals surface area contributed by atoms with Crippen molar-refractivity contribution in [3.63, 3.8) is 0 Å². The molecule has 1 heterocycles. The van der Waals surface area contributed by atoms with Crippen LogP contribution in [0.5, 0.6) is 0 Å². The van der Waals surface area contributed by atoms with Crippen LogP contribution < -0.4 is 5.73 Å². The number of hydrogen-bond acceptors (Lipinski definition) is 7. The van der Waals surface area contributed by atoms with Gasteiger partial charge in [0.05, 0.1) is 29.6 Å². The molecule has 1 aliphatic heterocycles. The third-order valence-corrected chi connectivity index (χ3v) is 3.45. The first-order valence-electron chi connectivity index (χ1n) is 6.51. The van der Waals surface area contributed by atoms with E-state index < -0.39 is 16.8 Å². The molecule has 8 nitrogen and oxygen atoms in total. The van der Waals surface area contributed by atoms with E-state index in [1.54, 1.807) is 6.92 Å². The summed E-state index contributed by atoms with van der Waals surface area (Å²) < 4.78 is 9.95. The van der Waals surface area contributed by atoms with Crippen molar-refractivity contribution in [2.24, 2.45) is 5.73 Å². The highest BCUT2D eigenvalue weighted by atomic mass is 16.6. The smallest absolute Gasteiger partial charge is 0.340 e. The maximum atomic E-state index is 12.0. The number of esters is 1. The van der Waals surface area contributed by atoms with Crippen molar-refractivity contribution in [2.75, 3.05) is 7.11 Å². The van der Waals surface area contributed by atoms with Gasteiger partial charge in [0, 0.05) is 12.1 Å². The fourth-order valence-corrected chi connectivity index (χ4v) is 2.36. The van der Waals surface area contributed by atoms with Crippen LogP contribution in [0.3, 0.4) is 0 Å². The lowest BCUT2D eigenvalue weighted by atomic mass is 9.83. The van der Waals surface area contributed by atoms with Gasteiger partial charge in [0.25, 0.3) is 5.69 Å². The number of nitriles is 1. The predicted molar refractivity (Wildman–Crippen MR) is 78.5 cm³/mol. The summed E-state index contributed by atoms with van der Waals surface area (Å²) >= 11 is 0. The Bertz CT molecular complexity index is 771. The Morgan fingerprint density at radius 3 is 2.52 bits per heavy atom. The maximum absolute atomic E-state index is 12.0. The number of carbonyl (C=O) groups excluding carboxylic acids is 1. The monoisotopic (exact) mass is 315 g/mol. The predicted octanol–water partition coefficient (Wildman–Crippen LogP) is 1.85. The van der Waals surface area contributed by atoms with Crippen molar-refractivity contribution in [3.05, 3.63) is 62.7 Å². The first-order chi connectivity index (χ1) is 10.9. The van der Waals surface area contributed by atoms with Crippen molar-refractivity contribution in [1.82, 2.24) is 0 Å². The third-order valence-electron chi connectivity index (χ3n) is 3.45. The van der Waals surface area contributed by atoms with Gasteiger partial charge in [-0.2, -0.15) is 5.26 Å². The zero-order valence-corrected chi connectivity index (χ0v) is 12.4. The molecule has 1 aromatic carbocycles. The van der Waals surface area contributed by atoms with Crippen LogP contribution in [0.4, 0.5) is 5.69 Å². The summed E-state index contributed by atoms with van der Waals surface area (Å²) in [4.78, 5) is 22.2. The number of nitrogens with two attached hydrogens (primary N) is 1. The van der Waals surface area contributed by atoms with Gasteiger partial charge in [-0.3, -0.25) is 10.1 Å². The van der Waals surface area contributed by atoms with E-state index in [4.69, 9.17) is 15.2 Å². The molecule has 2 N–H and O–H groups in total. The summed E-state index contributed by atoms with van der Waals surface area (Å²) in [6.45, 7) is 1.55. The Hall–Kier alpha value is -3.34. The Morgan fingerprint density at radius 1 is 1.43 bits per heavy atom. The summed E-state index contributed by atoms with van der Waals surface area (Å²) in [6, 6.07) is 7.51. The highest BCUT2D eigenvalue weighted by molar-refractivity contribution is 5.92. The molecule has 23 heavy (non-hydrogen) atoms. The van der Waals surface area contributed by atoms with Gasteiger partial charge in [0.2, 0.25) is 5.88 Å². The largest absolute Gasteiger partial charge is 0.465 e. The zero-order chi connectivity index (χ0) is 17.1. The molecular formula is C15H13N3O5. The number of carbonyl (C=O) groups is 1. The lowest BCUT2D eigenvalue weighted by molar-refractivity contribution is -0.384. The summed E-state index contributed by atoms with van der Waals surface area (Å²) in [5.74, 6) is -1.43. The molecule has 0 saturated heterocycles. The van der Waals surface area contributed by atoms with Gasteiger partial charge < -0.3 is 15.2 Å². The maximum Gasteiger partial charge on any atom is 0.340 e. The lowest BCUT2D eigenvalue weighted by Crippen LogP contribution is -2.25. The minimum Gasteiger partial charge on any atom is -0.465 e. The normalized spacial score (nSPS) is 17.3. The van der Waals surface area contributed by atoms with E-state index in [2.05, 4.69) is 0 Å². The molecule has 1 aliphatic rings. The molecule has 2 rings (SSSR count). The second kappa shape index (κ2) is 6.19. The van der Waals surface area contributed by atoms with E-state index >= 15 is 0 Å². The van der Waals surface area contributed by atoms with Crippen molar-refractivity contribution < 1.29 is 19.2 Å². The van der Waals surface area contributed by atoms with E-state index in [0.29, 0.717) is 5.56 Å². The van der Waals surface area contributed by atoms with Crippen molar-refractivity contribution >= 4 is 11.7 Å². The quantitative estimate of drug-likeness (QED) is 0.512. The number of hydrogen-bond donors (Lipinski definition) is 1. The number of nitrogens with zero attached hydrogens (tertiary/aromatic N) is 2. The van der Waals surface area contributed by atoms with Gasteiger partial charge in [-0.1, -0.05) is 12.1 Å². The molecule has 0 aromatic heterocycles. The van der Waals surface area contributed by atoms with Gasteiger partial charge in [-0.05, 0) is 12.5 Å². The SMILES string of the molecule is COC(=O)C1=C(N)OC(C)=C(C#N)C1c1ccc([N+](=O)[O-])cc1. The Kier molecular flexibility index (Phi) is 4.32. The van der Waals surface area contributed by atoms with Crippen LogP contribution in [-0.4, -0.2) is 18.0 Å². The molecule has 0 spiro atoms. The molecule has 1 atom stereocenters. The number of allylic oxidation sites excluding steroid dienone is 2. The van der Waals surface area contributed by atoms with Crippen LogP contribution in [0.1, 0.15) is 18.4 Å². The van der Waals surface area contributed by atoms with Crippen LogP contribution in [0.15, 0.2) is 47.1 Å². The first kappa shape index (κ1) is 16.0. The van der Waals surface area contributed by atoms with Gasteiger partial charge in [0.15, 0.2) is 0 Å². The Balaban J connectivity index is 2.60. The van der Waals surface area contributed by atoms with Crippen LogP contribution in [0.25, 0.3) is 0 Å². The number of nitro groups is 1.